The Labute approximate surface area is 106 Å². The van der Waals surface area contributed by atoms with Crippen LogP contribution in [0.15, 0.2) is 0 Å². The van der Waals surface area contributed by atoms with E-state index in [4.69, 9.17) is 10.5 Å². The van der Waals surface area contributed by atoms with Crippen molar-refractivity contribution in [3.8, 4) is 0 Å². The summed E-state index contributed by atoms with van der Waals surface area (Å²) in [5, 5.41) is 0. The highest BCUT2D eigenvalue weighted by Gasteiger charge is 2.24. The Morgan fingerprint density at radius 1 is 1.29 bits per heavy atom. The third kappa shape index (κ3) is 7.37. The first-order valence-corrected chi connectivity index (χ1v) is 6.87. The van der Waals surface area contributed by atoms with E-state index in [9.17, 15) is 4.79 Å². The first kappa shape index (κ1) is 16.4. The van der Waals surface area contributed by atoms with Gasteiger partial charge in [-0.2, -0.15) is 0 Å². The van der Waals surface area contributed by atoms with Crippen LogP contribution in [0.1, 0.15) is 66.2 Å². The molecular formula is C14H29NO2. The highest BCUT2D eigenvalue weighted by atomic mass is 16.5. The first-order chi connectivity index (χ1) is 7.95. The van der Waals surface area contributed by atoms with Crippen molar-refractivity contribution in [2.75, 3.05) is 6.61 Å². The van der Waals surface area contributed by atoms with Crippen molar-refractivity contribution >= 4 is 5.97 Å². The molecular weight excluding hydrogens is 214 g/mol. The Bertz CT molecular complexity index is 216. The van der Waals surface area contributed by atoms with Crippen molar-refractivity contribution in [1.29, 1.82) is 0 Å². The maximum absolute atomic E-state index is 11.3. The maximum atomic E-state index is 11.3. The van der Waals surface area contributed by atoms with Gasteiger partial charge in [-0.25, -0.2) is 0 Å². The minimum atomic E-state index is -0.517. The number of hydrogen-bond acceptors (Lipinski definition) is 3. The summed E-state index contributed by atoms with van der Waals surface area (Å²) < 4.78 is 5.25. The number of rotatable bonds is 9. The highest BCUT2D eigenvalue weighted by Crippen LogP contribution is 2.29. The maximum Gasteiger partial charge on any atom is 0.322 e. The molecule has 2 N–H and O–H groups in total. The third-order valence-corrected chi connectivity index (χ3v) is 3.42. The van der Waals surface area contributed by atoms with Gasteiger partial charge in [0.05, 0.1) is 6.61 Å². The van der Waals surface area contributed by atoms with Crippen LogP contribution in [0.25, 0.3) is 0 Å². The lowest BCUT2D eigenvalue weighted by Gasteiger charge is -2.28. The lowest BCUT2D eigenvalue weighted by atomic mass is 9.83. The summed E-state index contributed by atoms with van der Waals surface area (Å²) in [4.78, 5) is 11.3. The van der Waals surface area contributed by atoms with E-state index in [-0.39, 0.29) is 11.4 Å². The van der Waals surface area contributed by atoms with Crippen molar-refractivity contribution in [2.24, 2.45) is 11.1 Å². The van der Waals surface area contributed by atoms with E-state index in [0.717, 1.165) is 12.8 Å². The molecule has 0 aliphatic carbocycles. The zero-order valence-electron chi connectivity index (χ0n) is 11.9. The highest BCUT2D eigenvalue weighted by molar-refractivity contribution is 5.74. The van der Waals surface area contributed by atoms with Gasteiger partial charge in [0.1, 0.15) is 6.04 Å². The summed E-state index contributed by atoms with van der Waals surface area (Å²) in [6.45, 7) is 8.71. The van der Waals surface area contributed by atoms with Crippen LogP contribution in [-0.2, 0) is 9.53 Å². The van der Waals surface area contributed by atoms with Gasteiger partial charge in [-0.3, -0.25) is 4.79 Å². The minimum Gasteiger partial charge on any atom is -0.464 e. The zero-order valence-corrected chi connectivity index (χ0v) is 11.9. The molecule has 0 amide bonds. The molecule has 0 aliphatic heterocycles. The van der Waals surface area contributed by atoms with E-state index in [1.54, 1.807) is 6.92 Å². The van der Waals surface area contributed by atoms with E-state index in [1.165, 1.54) is 25.7 Å². The summed E-state index contributed by atoms with van der Waals surface area (Å²) in [6, 6.07) is -0.517. The monoisotopic (exact) mass is 243 g/mol. The van der Waals surface area contributed by atoms with Crippen LogP contribution in [-0.4, -0.2) is 18.6 Å². The van der Waals surface area contributed by atoms with Crippen molar-refractivity contribution in [2.45, 2.75) is 72.3 Å². The Morgan fingerprint density at radius 3 is 2.41 bits per heavy atom. The second-order valence-corrected chi connectivity index (χ2v) is 5.37. The molecule has 17 heavy (non-hydrogen) atoms. The minimum absolute atomic E-state index is 0.109. The number of unbranched alkanes of at least 4 members (excludes halogenated alkanes) is 3. The van der Waals surface area contributed by atoms with Gasteiger partial charge in [-0.15, -0.1) is 0 Å². The van der Waals surface area contributed by atoms with E-state index >= 15 is 0 Å². The average molecular weight is 243 g/mol. The number of ether oxygens (including phenoxy) is 1. The Morgan fingerprint density at radius 2 is 1.94 bits per heavy atom. The quantitative estimate of drug-likeness (QED) is 0.499. The standard InChI is InChI=1S/C14H29NO2/c1-5-7-8-9-10-14(4,6-2)11-17-13(16)12(3)15/h12H,5-11,15H2,1-4H3. The van der Waals surface area contributed by atoms with Gasteiger partial charge in [0, 0.05) is 5.41 Å². The molecule has 3 heteroatoms. The van der Waals surface area contributed by atoms with Gasteiger partial charge < -0.3 is 10.5 Å². The molecule has 2 atom stereocenters. The molecule has 0 aromatic rings. The van der Waals surface area contributed by atoms with Gasteiger partial charge >= 0.3 is 5.97 Å². The smallest absolute Gasteiger partial charge is 0.322 e. The predicted molar refractivity (Wildman–Crippen MR) is 71.8 cm³/mol. The topological polar surface area (TPSA) is 52.3 Å². The number of hydrogen-bond donors (Lipinski definition) is 1. The molecule has 0 rings (SSSR count). The fourth-order valence-corrected chi connectivity index (χ4v) is 1.71. The van der Waals surface area contributed by atoms with E-state index < -0.39 is 6.04 Å². The van der Waals surface area contributed by atoms with Crippen LogP contribution in [0.4, 0.5) is 0 Å². The van der Waals surface area contributed by atoms with Crippen LogP contribution in [0.5, 0.6) is 0 Å². The van der Waals surface area contributed by atoms with Gasteiger partial charge in [0.15, 0.2) is 0 Å². The molecule has 0 spiro atoms. The van der Waals surface area contributed by atoms with Crippen LogP contribution in [0, 0.1) is 5.41 Å². The lowest BCUT2D eigenvalue weighted by Crippen LogP contribution is -2.33. The average Bonchev–Trinajstić information content (AvgIpc) is 2.31. The molecule has 0 radical (unpaired) electrons. The molecule has 0 heterocycles. The van der Waals surface area contributed by atoms with E-state index in [2.05, 4.69) is 20.8 Å². The Balaban J connectivity index is 3.96. The largest absolute Gasteiger partial charge is 0.464 e. The van der Waals surface area contributed by atoms with Gasteiger partial charge in [-0.05, 0) is 19.8 Å². The molecule has 0 saturated carbocycles. The van der Waals surface area contributed by atoms with E-state index in [0.29, 0.717) is 6.61 Å². The molecule has 0 saturated heterocycles. The number of nitrogens with two attached hydrogens (primary N) is 1. The summed E-state index contributed by atoms with van der Waals surface area (Å²) in [6.07, 6.45) is 7.18. The molecule has 102 valence electrons. The molecule has 0 bridgehead atoms. The Hall–Kier alpha value is -0.570. The summed E-state index contributed by atoms with van der Waals surface area (Å²) in [7, 11) is 0. The summed E-state index contributed by atoms with van der Waals surface area (Å²) >= 11 is 0. The summed E-state index contributed by atoms with van der Waals surface area (Å²) in [5.41, 5.74) is 5.58. The molecule has 0 aromatic carbocycles. The molecule has 0 aliphatic rings. The fourth-order valence-electron chi connectivity index (χ4n) is 1.71. The Kier molecular flexibility index (Phi) is 8.23. The SMILES string of the molecule is CCCCCCC(C)(CC)COC(=O)C(C)N. The second-order valence-electron chi connectivity index (χ2n) is 5.37. The second kappa shape index (κ2) is 8.51. The van der Waals surface area contributed by atoms with Crippen molar-refractivity contribution in [3.05, 3.63) is 0 Å². The number of carbonyl (C=O) groups excluding carboxylic acids is 1. The number of esters is 1. The molecule has 0 aromatic heterocycles. The van der Waals surface area contributed by atoms with Gasteiger partial charge in [0.2, 0.25) is 0 Å². The zero-order chi connectivity index (χ0) is 13.3. The number of carbonyl (C=O) groups is 1. The fraction of sp³-hybridized carbons (Fsp3) is 0.929. The van der Waals surface area contributed by atoms with Crippen molar-refractivity contribution in [3.63, 3.8) is 0 Å². The first-order valence-electron chi connectivity index (χ1n) is 6.87. The molecule has 2 unspecified atom stereocenters. The normalized spacial score (nSPS) is 16.3. The lowest BCUT2D eigenvalue weighted by molar-refractivity contribution is -0.148. The van der Waals surface area contributed by atoms with E-state index in [1.807, 2.05) is 0 Å². The van der Waals surface area contributed by atoms with Gasteiger partial charge in [-0.1, -0.05) is 46.5 Å². The summed E-state index contributed by atoms with van der Waals surface area (Å²) in [5.74, 6) is -0.293. The van der Waals surface area contributed by atoms with Crippen LogP contribution < -0.4 is 5.73 Å². The van der Waals surface area contributed by atoms with Crippen LogP contribution in [0.3, 0.4) is 0 Å². The van der Waals surface area contributed by atoms with Gasteiger partial charge in [0.25, 0.3) is 0 Å². The van der Waals surface area contributed by atoms with Crippen LogP contribution >= 0.6 is 0 Å². The van der Waals surface area contributed by atoms with Crippen molar-refractivity contribution < 1.29 is 9.53 Å². The van der Waals surface area contributed by atoms with Crippen LogP contribution in [0.2, 0.25) is 0 Å². The predicted octanol–water partition coefficient (Wildman–Crippen LogP) is 3.26. The molecule has 0 fully saturated rings. The van der Waals surface area contributed by atoms with Crippen molar-refractivity contribution in [1.82, 2.24) is 0 Å². The molecule has 3 nitrogen and oxygen atoms in total. The third-order valence-electron chi connectivity index (χ3n) is 3.42.